The first-order valence-electron chi connectivity index (χ1n) is 22.6. The zero-order valence-corrected chi connectivity index (χ0v) is 33.2. The molecule has 0 radical (unpaired) electrons. The van der Waals surface area contributed by atoms with E-state index >= 15 is 0 Å². The molecule has 0 fully saturated rings. The Morgan fingerprint density at radius 2 is 1.14 bits per heavy atom. The van der Waals surface area contributed by atoms with Crippen LogP contribution in [0.4, 0.5) is 17.1 Å². The van der Waals surface area contributed by atoms with Crippen LogP contribution in [-0.2, 0) is 18.3 Å². The Morgan fingerprint density at radius 1 is 0.492 bits per heavy atom. The molecule has 0 amide bonds. The molecule has 0 bridgehead atoms. The number of thiophene rings is 1. The molecule has 0 aliphatic heterocycles. The van der Waals surface area contributed by atoms with Gasteiger partial charge in [0.1, 0.15) is 0 Å². The maximum atomic E-state index is 9.99. The normalized spacial score (nSPS) is 15.5. The predicted octanol–water partition coefficient (Wildman–Crippen LogP) is 15.5. The molecule has 59 heavy (non-hydrogen) atoms. The van der Waals surface area contributed by atoms with Gasteiger partial charge in [-0.2, -0.15) is 0 Å². The number of benzene rings is 8. The first kappa shape index (κ1) is 30.4. The molecule has 12 rings (SSSR count). The Bertz CT molecular complexity index is 3330. The van der Waals surface area contributed by atoms with Crippen LogP contribution in [0.3, 0.4) is 0 Å². The molecule has 1 nitrogen and oxygen atoms in total. The van der Waals surface area contributed by atoms with Crippen LogP contribution in [0.15, 0.2) is 188 Å². The van der Waals surface area contributed by atoms with Gasteiger partial charge in [0.15, 0.2) is 0 Å². The first-order valence-corrected chi connectivity index (χ1v) is 21.4. The Morgan fingerprint density at radius 3 is 1.95 bits per heavy atom. The summed E-state index contributed by atoms with van der Waals surface area (Å²) in [7, 11) is 0. The van der Waals surface area contributed by atoms with E-state index in [1.54, 1.807) is 11.3 Å². The van der Waals surface area contributed by atoms with Gasteiger partial charge in [0.05, 0.1) is 10.9 Å². The van der Waals surface area contributed by atoms with Crippen LogP contribution < -0.4 is 4.90 Å². The lowest BCUT2D eigenvalue weighted by molar-refractivity contribution is 0.768. The zero-order valence-electron chi connectivity index (χ0n) is 36.4. The topological polar surface area (TPSA) is 3.24 Å². The van der Waals surface area contributed by atoms with Gasteiger partial charge in [-0.25, -0.2) is 0 Å². The number of hydrogen-bond donors (Lipinski definition) is 0. The average molecular weight is 776 g/mol. The Labute approximate surface area is 355 Å². The summed E-state index contributed by atoms with van der Waals surface area (Å²) in [4.78, 5) is 1.98. The van der Waals surface area contributed by atoms with Gasteiger partial charge in [-0.3, -0.25) is 0 Å². The van der Waals surface area contributed by atoms with Crippen LogP contribution in [0.1, 0.15) is 62.8 Å². The maximum absolute atomic E-state index is 9.99. The monoisotopic (exact) mass is 775 g/mol. The lowest BCUT2D eigenvalue weighted by Crippen LogP contribution is -2.28. The van der Waals surface area contributed by atoms with Gasteiger partial charge in [0, 0.05) is 37.2 Å². The van der Waals surface area contributed by atoms with Crippen LogP contribution in [0, 0.1) is 0 Å². The molecule has 3 aliphatic rings. The summed E-state index contributed by atoms with van der Waals surface area (Å²) in [5.41, 5.74) is 13.8. The fraction of sp³-hybridized carbons (Fsp3) is 0.0877. The maximum Gasteiger partial charge on any atom is 0.0714 e. The van der Waals surface area contributed by atoms with E-state index in [-0.39, 0.29) is 29.9 Å². The summed E-state index contributed by atoms with van der Waals surface area (Å²) in [6, 6.07) is 53.2. The summed E-state index contributed by atoms with van der Waals surface area (Å²) in [6.07, 6.45) is 12.5. The van der Waals surface area contributed by atoms with Crippen molar-refractivity contribution >= 4 is 60.7 Å². The van der Waals surface area contributed by atoms with Crippen molar-refractivity contribution in [1.29, 1.82) is 0 Å². The minimum atomic E-state index is -0.671. The van der Waals surface area contributed by atoms with Gasteiger partial charge in [0.2, 0.25) is 0 Å². The lowest BCUT2D eigenvalue weighted by atomic mass is 9.67. The van der Waals surface area contributed by atoms with Gasteiger partial charge in [-0.05, 0) is 147 Å². The fourth-order valence-corrected chi connectivity index (χ4v) is 11.3. The third kappa shape index (κ3) is 5.30. The van der Waals surface area contributed by atoms with E-state index in [2.05, 4.69) is 176 Å². The van der Waals surface area contributed by atoms with Gasteiger partial charge in [-0.15, -0.1) is 11.3 Å². The average Bonchev–Trinajstić information content (AvgIpc) is 3.86. The van der Waals surface area contributed by atoms with Crippen molar-refractivity contribution in [3.63, 3.8) is 0 Å². The summed E-state index contributed by atoms with van der Waals surface area (Å²) in [5, 5.41) is 2.23. The highest BCUT2D eigenvalue weighted by atomic mass is 32.1. The summed E-state index contributed by atoms with van der Waals surface area (Å²) in [6.45, 7) is 0. The third-order valence-corrected chi connectivity index (χ3v) is 13.9. The van der Waals surface area contributed by atoms with E-state index in [0.29, 0.717) is 5.56 Å². The molecular formula is C57H41NS. The largest absolute Gasteiger partial charge is 0.310 e. The smallest absolute Gasteiger partial charge is 0.0714 e. The fourth-order valence-electron chi connectivity index (χ4n) is 10.2. The van der Waals surface area contributed by atoms with E-state index in [1.807, 2.05) is 4.90 Å². The van der Waals surface area contributed by atoms with E-state index in [0.717, 1.165) is 97.0 Å². The van der Waals surface area contributed by atoms with Gasteiger partial charge < -0.3 is 4.90 Å². The number of anilines is 3. The Kier molecular flexibility index (Phi) is 7.04. The molecule has 280 valence electrons. The SMILES string of the molecule is [2H]c1c([2H])c(N(c2ccc3c(c2)C(c2ccccc2)(c2ccccc2)c2ccccc2-3)c2ccc3sc4ccccc4c3c2)c([2H])c([2H])c1-c1cc2c(c3c1C=CCC3)CCC=C2. The molecule has 1 aromatic heterocycles. The van der Waals surface area contributed by atoms with Crippen molar-refractivity contribution < 1.29 is 5.48 Å². The van der Waals surface area contributed by atoms with Crippen molar-refractivity contribution in [2.75, 3.05) is 4.90 Å². The van der Waals surface area contributed by atoms with Crippen LogP contribution in [-0.4, -0.2) is 0 Å². The zero-order chi connectivity index (χ0) is 42.4. The highest BCUT2D eigenvalue weighted by Gasteiger charge is 2.46. The summed E-state index contributed by atoms with van der Waals surface area (Å²) in [5.74, 6) is 0. The molecular weight excluding hydrogens is 731 g/mol. The second-order valence-electron chi connectivity index (χ2n) is 15.9. The number of nitrogens with zero attached hydrogens (tertiary/aromatic N) is 1. The molecule has 2 heteroatoms. The number of rotatable bonds is 6. The molecule has 0 unspecified atom stereocenters. The van der Waals surface area contributed by atoms with Crippen molar-refractivity contribution in [1.82, 2.24) is 0 Å². The molecule has 1 heterocycles. The molecule has 0 spiro atoms. The van der Waals surface area contributed by atoms with Crippen molar-refractivity contribution in [3.8, 4) is 22.3 Å². The molecule has 8 aromatic carbocycles. The van der Waals surface area contributed by atoms with E-state index < -0.39 is 5.41 Å². The molecule has 9 aromatic rings. The van der Waals surface area contributed by atoms with Crippen molar-refractivity contribution in [2.24, 2.45) is 0 Å². The van der Waals surface area contributed by atoms with Crippen LogP contribution in [0.2, 0.25) is 0 Å². The predicted molar refractivity (Wildman–Crippen MR) is 251 cm³/mol. The minimum Gasteiger partial charge on any atom is -0.310 e. The highest BCUT2D eigenvalue weighted by molar-refractivity contribution is 7.25. The van der Waals surface area contributed by atoms with E-state index in [1.165, 1.54) is 21.4 Å². The third-order valence-electron chi connectivity index (χ3n) is 12.8. The van der Waals surface area contributed by atoms with Gasteiger partial charge in [-0.1, -0.05) is 146 Å². The first-order chi connectivity index (χ1) is 30.9. The minimum absolute atomic E-state index is 0.0459. The second-order valence-corrected chi connectivity index (χ2v) is 16.9. The molecule has 0 atom stereocenters. The van der Waals surface area contributed by atoms with E-state index in [4.69, 9.17) is 0 Å². The van der Waals surface area contributed by atoms with Crippen LogP contribution in [0.25, 0.3) is 54.6 Å². The molecule has 0 saturated heterocycles. The van der Waals surface area contributed by atoms with Crippen molar-refractivity contribution in [3.05, 3.63) is 232 Å². The number of fused-ring (bicyclic) bond motifs is 9. The molecule has 3 aliphatic carbocycles. The second kappa shape index (κ2) is 13.7. The lowest BCUT2D eigenvalue weighted by Gasteiger charge is -2.35. The van der Waals surface area contributed by atoms with Crippen LogP contribution >= 0.6 is 11.3 Å². The van der Waals surface area contributed by atoms with Crippen LogP contribution in [0.5, 0.6) is 0 Å². The summed E-state index contributed by atoms with van der Waals surface area (Å²) < 4.78 is 42.0. The van der Waals surface area contributed by atoms with Gasteiger partial charge in [0.25, 0.3) is 0 Å². The highest BCUT2D eigenvalue weighted by Crippen LogP contribution is 2.57. The molecule has 0 saturated carbocycles. The Hall–Kier alpha value is -6.74. The van der Waals surface area contributed by atoms with E-state index in [9.17, 15) is 5.48 Å². The standard InChI is InChI=1S/C57H41NS/c1-3-16-40(17-4-1)57(41-18-5-2-6-19-41)53-25-13-11-23-48(53)49-33-31-44(37-54(49)57)58(43-32-34-56-52(36-43)50-24-12-14-26-55(50)59-56)42-29-27-38(28-30-42)51-35-39-15-7-8-20-45(39)46-21-9-10-22-47(46)51/h1-7,10-19,22-37H,8-9,20-21H2/i27D,28D,29D,30D. The number of allylic oxidation sites excluding steroid dienone is 2. The molecule has 0 N–H and O–H groups in total. The number of hydrogen-bond acceptors (Lipinski definition) is 2. The van der Waals surface area contributed by atoms with Crippen molar-refractivity contribution in [2.45, 2.75) is 31.1 Å². The Balaban J connectivity index is 1.14. The summed E-state index contributed by atoms with van der Waals surface area (Å²) >= 11 is 1.75. The quantitative estimate of drug-likeness (QED) is 0.163. The van der Waals surface area contributed by atoms with Gasteiger partial charge >= 0.3 is 0 Å².